The zero-order valence-corrected chi connectivity index (χ0v) is 16.3. The number of rotatable bonds is 6. The van der Waals surface area contributed by atoms with E-state index in [2.05, 4.69) is 5.32 Å². The molecule has 0 aliphatic carbocycles. The summed E-state index contributed by atoms with van der Waals surface area (Å²) in [6, 6.07) is 9.18. The molecule has 0 aliphatic heterocycles. The molecular formula is C18H26NO5P. The van der Waals surface area contributed by atoms with Gasteiger partial charge >= 0.3 is 12.1 Å². The van der Waals surface area contributed by atoms with Crippen molar-refractivity contribution in [2.75, 3.05) is 19.5 Å². The maximum Gasteiger partial charge on any atom is 0.412 e. The van der Waals surface area contributed by atoms with Gasteiger partial charge in [0.1, 0.15) is 17.9 Å². The molecule has 0 aliphatic rings. The van der Waals surface area contributed by atoms with Gasteiger partial charge in [0.25, 0.3) is 0 Å². The normalized spacial score (nSPS) is 12.4. The Morgan fingerprint density at radius 3 is 2.28 bits per heavy atom. The minimum absolute atomic E-state index is 0.0723. The van der Waals surface area contributed by atoms with Gasteiger partial charge in [-0.25, -0.2) is 9.59 Å². The molecule has 25 heavy (non-hydrogen) atoms. The topological polar surface area (TPSA) is 81.7 Å². The summed E-state index contributed by atoms with van der Waals surface area (Å²) in [4.78, 5) is 24.2. The van der Waals surface area contributed by atoms with Crippen LogP contribution in [0.3, 0.4) is 0 Å². The van der Waals surface area contributed by atoms with Crippen molar-refractivity contribution in [3.05, 3.63) is 47.7 Å². The molecule has 1 amide bonds. The molecule has 0 bridgehead atoms. The molecule has 0 atom stereocenters. The Labute approximate surface area is 149 Å². The van der Waals surface area contributed by atoms with Crippen LogP contribution in [-0.4, -0.2) is 37.2 Å². The summed E-state index contributed by atoms with van der Waals surface area (Å²) >= 11 is 0. The molecule has 1 N–H and O–H groups in total. The lowest BCUT2D eigenvalue weighted by atomic mass is 10.2. The van der Waals surface area contributed by atoms with E-state index in [-0.39, 0.29) is 18.5 Å². The monoisotopic (exact) mass is 367 g/mol. The first-order valence-corrected chi connectivity index (χ1v) is 10.7. The maximum atomic E-state index is 12.3. The molecule has 0 radical (unpaired) electrons. The zero-order valence-electron chi connectivity index (χ0n) is 15.4. The smallest absolute Gasteiger partial charge is 0.412 e. The molecule has 0 spiro atoms. The third-order valence-electron chi connectivity index (χ3n) is 2.80. The predicted octanol–water partition coefficient (Wildman–Crippen LogP) is 3.76. The van der Waals surface area contributed by atoms with Gasteiger partial charge in [0.2, 0.25) is 0 Å². The van der Waals surface area contributed by atoms with E-state index >= 15 is 0 Å². The Morgan fingerprint density at radius 2 is 1.76 bits per heavy atom. The van der Waals surface area contributed by atoms with Gasteiger partial charge < -0.3 is 14.0 Å². The lowest BCUT2D eigenvalue weighted by Gasteiger charge is -2.20. The molecule has 0 saturated heterocycles. The van der Waals surface area contributed by atoms with Gasteiger partial charge in [0.05, 0.1) is 7.14 Å². The summed E-state index contributed by atoms with van der Waals surface area (Å²) < 4.78 is 22.3. The molecule has 0 saturated carbocycles. The van der Waals surface area contributed by atoms with Crippen LogP contribution in [0.5, 0.6) is 0 Å². The number of amides is 1. The van der Waals surface area contributed by atoms with Crippen molar-refractivity contribution in [2.24, 2.45) is 0 Å². The third kappa shape index (κ3) is 9.72. The van der Waals surface area contributed by atoms with E-state index in [1.54, 1.807) is 34.1 Å². The number of esters is 1. The number of benzene rings is 1. The summed E-state index contributed by atoms with van der Waals surface area (Å²) in [5.74, 6) is -0.705. The number of hydrogen-bond acceptors (Lipinski definition) is 5. The van der Waals surface area contributed by atoms with Crippen molar-refractivity contribution >= 4 is 19.2 Å². The Hall–Kier alpha value is -2.07. The number of nitrogens with one attached hydrogen (secondary N) is 1. The van der Waals surface area contributed by atoms with Gasteiger partial charge in [-0.2, -0.15) is 0 Å². The standard InChI is InChI=1S/C18H26NO5P/c1-18(2,3)24-17(21)19-15(11-12-25(4,5)22)16(20)23-13-14-9-7-6-8-10-14/h6-11H,12-13H2,1-5H3,(H,19,21)/b15-11-. The fourth-order valence-electron chi connectivity index (χ4n) is 1.71. The van der Waals surface area contributed by atoms with Crippen molar-refractivity contribution in [3.63, 3.8) is 0 Å². The summed E-state index contributed by atoms with van der Waals surface area (Å²) in [6.07, 6.45) is 0.814. The van der Waals surface area contributed by atoms with Crippen molar-refractivity contribution in [2.45, 2.75) is 33.0 Å². The van der Waals surface area contributed by atoms with Crippen LogP contribution >= 0.6 is 7.14 Å². The number of alkyl carbamates (subject to hydrolysis) is 1. The van der Waals surface area contributed by atoms with Crippen LogP contribution in [0.1, 0.15) is 26.3 Å². The molecule has 1 aromatic rings. The Morgan fingerprint density at radius 1 is 1.16 bits per heavy atom. The third-order valence-corrected chi connectivity index (χ3v) is 3.87. The SMILES string of the molecule is CC(C)(C)OC(=O)N/C(=C\CP(C)(C)=O)C(=O)OCc1ccccc1. The van der Waals surface area contributed by atoms with E-state index < -0.39 is 24.8 Å². The number of allylic oxidation sites excluding steroid dienone is 1. The van der Waals surface area contributed by atoms with Crippen LogP contribution in [-0.2, 0) is 25.4 Å². The van der Waals surface area contributed by atoms with E-state index in [0.29, 0.717) is 0 Å². The quantitative estimate of drug-likeness (QED) is 0.470. The fourth-order valence-corrected chi connectivity index (χ4v) is 2.33. The second-order valence-electron chi connectivity index (χ2n) is 7.06. The first kappa shape index (κ1) is 21.0. The first-order chi connectivity index (χ1) is 11.5. The van der Waals surface area contributed by atoms with Gasteiger partial charge in [-0.1, -0.05) is 30.3 Å². The molecule has 138 valence electrons. The Balaban J connectivity index is 2.80. The second-order valence-corrected chi connectivity index (χ2v) is 10.6. The Kier molecular flexibility index (Phi) is 7.43. The number of carbonyl (C=O) groups is 2. The average Bonchev–Trinajstić information content (AvgIpc) is 2.47. The molecule has 6 nitrogen and oxygen atoms in total. The summed E-state index contributed by atoms with van der Waals surface area (Å²) in [5.41, 5.74) is 0.0479. The lowest BCUT2D eigenvalue weighted by Crippen LogP contribution is -2.34. The van der Waals surface area contributed by atoms with Gasteiger partial charge in [0.15, 0.2) is 0 Å². The largest absolute Gasteiger partial charge is 0.456 e. The van der Waals surface area contributed by atoms with Gasteiger partial charge in [-0.15, -0.1) is 0 Å². The number of carbonyl (C=O) groups excluding carboxylic acids is 2. The molecule has 1 rings (SSSR count). The summed E-state index contributed by atoms with van der Waals surface area (Å²) in [5, 5.41) is 2.39. The van der Waals surface area contributed by atoms with Crippen molar-refractivity contribution in [1.29, 1.82) is 0 Å². The summed E-state index contributed by atoms with van der Waals surface area (Å²) in [7, 11) is -2.40. The van der Waals surface area contributed by atoms with Crippen LogP contribution in [0.25, 0.3) is 0 Å². The van der Waals surface area contributed by atoms with E-state index in [4.69, 9.17) is 9.47 Å². The predicted molar refractivity (Wildman–Crippen MR) is 98.0 cm³/mol. The molecule has 7 heteroatoms. The van der Waals surface area contributed by atoms with Gasteiger partial charge in [-0.05, 0) is 45.7 Å². The second kappa shape index (κ2) is 8.86. The highest BCUT2D eigenvalue weighted by Gasteiger charge is 2.21. The number of hydrogen-bond donors (Lipinski definition) is 1. The fraction of sp³-hybridized carbons (Fsp3) is 0.444. The van der Waals surface area contributed by atoms with E-state index in [1.807, 2.05) is 30.3 Å². The molecule has 0 aromatic heterocycles. The number of ether oxygens (including phenoxy) is 2. The summed E-state index contributed by atoms with van der Waals surface area (Å²) in [6.45, 7) is 8.43. The molecular weight excluding hydrogens is 341 g/mol. The zero-order chi connectivity index (χ0) is 19.1. The van der Waals surface area contributed by atoms with E-state index in [1.165, 1.54) is 6.08 Å². The molecule has 0 fully saturated rings. The van der Waals surface area contributed by atoms with Crippen LogP contribution in [0.4, 0.5) is 4.79 Å². The van der Waals surface area contributed by atoms with Crippen LogP contribution < -0.4 is 5.32 Å². The van der Waals surface area contributed by atoms with E-state index in [9.17, 15) is 14.2 Å². The lowest BCUT2D eigenvalue weighted by molar-refractivity contribution is -0.140. The highest BCUT2D eigenvalue weighted by molar-refractivity contribution is 7.62. The van der Waals surface area contributed by atoms with Crippen molar-refractivity contribution in [3.8, 4) is 0 Å². The van der Waals surface area contributed by atoms with Crippen LogP contribution in [0.2, 0.25) is 0 Å². The van der Waals surface area contributed by atoms with Crippen molar-refractivity contribution < 1.29 is 23.6 Å². The van der Waals surface area contributed by atoms with Crippen molar-refractivity contribution in [1.82, 2.24) is 5.32 Å². The van der Waals surface area contributed by atoms with Crippen LogP contribution in [0.15, 0.2) is 42.1 Å². The van der Waals surface area contributed by atoms with Gasteiger partial charge in [0, 0.05) is 6.16 Å². The average molecular weight is 367 g/mol. The first-order valence-electron chi connectivity index (χ1n) is 7.91. The van der Waals surface area contributed by atoms with E-state index in [0.717, 1.165) is 5.56 Å². The molecule has 1 aromatic carbocycles. The van der Waals surface area contributed by atoms with Crippen LogP contribution in [0, 0.1) is 0 Å². The highest BCUT2D eigenvalue weighted by atomic mass is 31.2. The Bertz CT molecular complexity index is 670. The maximum absolute atomic E-state index is 12.3. The molecule has 0 unspecified atom stereocenters. The highest BCUT2D eigenvalue weighted by Crippen LogP contribution is 2.35. The minimum Gasteiger partial charge on any atom is -0.456 e. The molecule has 0 heterocycles. The van der Waals surface area contributed by atoms with Gasteiger partial charge in [-0.3, -0.25) is 5.32 Å². The minimum atomic E-state index is -2.40.